The molecule has 16 heavy (non-hydrogen) atoms. The highest BCUT2D eigenvalue weighted by molar-refractivity contribution is 7.09. The molecule has 1 N–H and O–H groups in total. The zero-order chi connectivity index (χ0) is 12.0. The minimum atomic E-state index is 0.728. The Morgan fingerprint density at radius 2 is 2.25 bits per heavy atom. The normalized spacial score (nSPS) is 11.6. The minimum Gasteiger partial charge on any atom is -0.315 e. The van der Waals surface area contributed by atoms with Gasteiger partial charge in [0, 0.05) is 25.0 Å². The van der Waals surface area contributed by atoms with Crippen molar-refractivity contribution < 1.29 is 0 Å². The molecule has 1 heterocycles. The lowest BCUT2D eigenvalue weighted by Crippen LogP contribution is -2.30. The number of nitrogens with zero attached hydrogens (tertiary/aromatic N) is 2. The summed E-state index contributed by atoms with van der Waals surface area (Å²) in [5.41, 5.74) is 1.19. The molecule has 0 atom stereocenters. The second-order valence-electron chi connectivity index (χ2n) is 4.69. The maximum absolute atomic E-state index is 4.46. The minimum absolute atomic E-state index is 0.728. The highest BCUT2D eigenvalue weighted by Gasteiger charge is 2.03. The van der Waals surface area contributed by atoms with E-state index in [4.69, 9.17) is 0 Å². The van der Waals surface area contributed by atoms with Crippen LogP contribution in [0.5, 0.6) is 0 Å². The molecule has 1 rings (SSSR count). The molecule has 0 amide bonds. The molecule has 92 valence electrons. The first-order valence-electron chi connectivity index (χ1n) is 5.88. The molecule has 3 nitrogen and oxygen atoms in total. The molecule has 4 heteroatoms. The number of rotatable bonds is 7. The summed E-state index contributed by atoms with van der Waals surface area (Å²) in [6.45, 7) is 10.7. The molecule has 0 saturated heterocycles. The van der Waals surface area contributed by atoms with Gasteiger partial charge in [0.05, 0.1) is 10.7 Å². The summed E-state index contributed by atoms with van der Waals surface area (Å²) in [5, 5.41) is 6.75. The molecule has 1 aromatic heterocycles. The van der Waals surface area contributed by atoms with Crippen LogP contribution in [0.2, 0.25) is 0 Å². The standard InChI is InChI=1S/C12H23N3S/c1-10(2)7-13-5-6-15(4)8-12-9-16-11(3)14-12/h9-10,13H,5-8H2,1-4H3. The highest BCUT2D eigenvalue weighted by atomic mass is 32.1. The van der Waals surface area contributed by atoms with E-state index >= 15 is 0 Å². The number of likely N-dealkylation sites (N-methyl/N-ethyl adjacent to an activating group) is 1. The van der Waals surface area contributed by atoms with Crippen LogP contribution < -0.4 is 5.32 Å². The molecule has 0 saturated carbocycles. The van der Waals surface area contributed by atoms with E-state index in [1.54, 1.807) is 11.3 Å². The van der Waals surface area contributed by atoms with E-state index < -0.39 is 0 Å². The second kappa shape index (κ2) is 6.99. The molecule has 0 aliphatic rings. The van der Waals surface area contributed by atoms with Gasteiger partial charge >= 0.3 is 0 Å². The van der Waals surface area contributed by atoms with Crippen LogP contribution in [-0.2, 0) is 6.54 Å². The van der Waals surface area contributed by atoms with Crippen molar-refractivity contribution in [3.05, 3.63) is 16.1 Å². The van der Waals surface area contributed by atoms with E-state index in [1.165, 1.54) is 5.69 Å². The van der Waals surface area contributed by atoms with Crippen molar-refractivity contribution in [2.45, 2.75) is 27.3 Å². The van der Waals surface area contributed by atoms with E-state index in [1.807, 2.05) is 0 Å². The Morgan fingerprint density at radius 3 is 2.81 bits per heavy atom. The molecule has 1 aromatic rings. The van der Waals surface area contributed by atoms with Gasteiger partial charge < -0.3 is 5.32 Å². The van der Waals surface area contributed by atoms with E-state index in [-0.39, 0.29) is 0 Å². The van der Waals surface area contributed by atoms with Crippen molar-refractivity contribution in [2.24, 2.45) is 5.92 Å². The van der Waals surface area contributed by atoms with Gasteiger partial charge in [0.1, 0.15) is 0 Å². The molecule has 0 fully saturated rings. The van der Waals surface area contributed by atoms with Crippen LogP contribution in [0.15, 0.2) is 5.38 Å². The molecule has 0 aromatic carbocycles. The summed E-state index contributed by atoms with van der Waals surface area (Å²) in [7, 11) is 2.14. The van der Waals surface area contributed by atoms with E-state index in [0.717, 1.165) is 37.1 Å². The molecule has 0 unspecified atom stereocenters. The largest absolute Gasteiger partial charge is 0.315 e. The first-order chi connectivity index (χ1) is 7.58. The van der Waals surface area contributed by atoms with Gasteiger partial charge in [0.2, 0.25) is 0 Å². The lowest BCUT2D eigenvalue weighted by atomic mass is 10.2. The summed E-state index contributed by atoms with van der Waals surface area (Å²) in [6, 6.07) is 0. The number of aryl methyl sites for hydroxylation is 1. The number of aromatic nitrogens is 1. The third-order valence-electron chi connectivity index (χ3n) is 2.32. The fraction of sp³-hybridized carbons (Fsp3) is 0.750. The quantitative estimate of drug-likeness (QED) is 0.741. The Morgan fingerprint density at radius 1 is 1.50 bits per heavy atom. The lowest BCUT2D eigenvalue weighted by Gasteiger charge is -2.16. The van der Waals surface area contributed by atoms with Gasteiger partial charge in [-0.3, -0.25) is 4.90 Å². The summed E-state index contributed by atoms with van der Waals surface area (Å²) in [6.07, 6.45) is 0. The molecule has 0 bridgehead atoms. The Bertz CT molecular complexity index is 296. The predicted molar refractivity (Wildman–Crippen MR) is 70.9 cm³/mol. The van der Waals surface area contributed by atoms with Gasteiger partial charge in [0.25, 0.3) is 0 Å². The van der Waals surface area contributed by atoms with Crippen molar-refractivity contribution in [2.75, 3.05) is 26.7 Å². The first-order valence-corrected chi connectivity index (χ1v) is 6.76. The van der Waals surface area contributed by atoms with Crippen molar-refractivity contribution in [3.8, 4) is 0 Å². The molecule has 0 spiro atoms. The summed E-state index contributed by atoms with van der Waals surface area (Å²) < 4.78 is 0. The van der Waals surface area contributed by atoms with Crippen LogP contribution in [0.3, 0.4) is 0 Å². The van der Waals surface area contributed by atoms with Crippen LogP contribution in [0.4, 0.5) is 0 Å². The Hall–Kier alpha value is -0.450. The number of thiazole rings is 1. The highest BCUT2D eigenvalue weighted by Crippen LogP contribution is 2.09. The second-order valence-corrected chi connectivity index (χ2v) is 5.76. The van der Waals surface area contributed by atoms with E-state index in [9.17, 15) is 0 Å². The number of hydrogen-bond donors (Lipinski definition) is 1. The lowest BCUT2D eigenvalue weighted by molar-refractivity contribution is 0.318. The van der Waals surface area contributed by atoms with Crippen LogP contribution >= 0.6 is 11.3 Å². The van der Waals surface area contributed by atoms with Crippen LogP contribution in [0.25, 0.3) is 0 Å². The van der Waals surface area contributed by atoms with Gasteiger partial charge in [0.15, 0.2) is 0 Å². The third-order valence-corrected chi connectivity index (χ3v) is 3.14. The molecular formula is C12H23N3S. The topological polar surface area (TPSA) is 28.2 Å². The SMILES string of the molecule is Cc1nc(CN(C)CCNCC(C)C)cs1. The van der Waals surface area contributed by atoms with Crippen molar-refractivity contribution in [1.82, 2.24) is 15.2 Å². The van der Waals surface area contributed by atoms with Crippen LogP contribution in [-0.4, -0.2) is 36.6 Å². The smallest absolute Gasteiger partial charge is 0.0897 e. The molecule has 0 aliphatic carbocycles. The Balaban J connectivity index is 2.13. The zero-order valence-electron chi connectivity index (χ0n) is 10.8. The number of hydrogen-bond acceptors (Lipinski definition) is 4. The summed E-state index contributed by atoms with van der Waals surface area (Å²) >= 11 is 1.73. The maximum atomic E-state index is 4.46. The fourth-order valence-electron chi connectivity index (χ4n) is 1.50. The van der Waals surface area contributed by atoms with Crippen molar-refractivity contribution in [1.29, 1.82) is 0 Å². The van der Waals surface area contributed by atoms with E-state index in [0.29, 0.717) is 0 Å². The monoisotopic (exact) mass is 241 g/mol. The average molecular weight is 241 g/mol. The van der Waals surface area contributed by atoms with Crippen LogP contribution in [0, 0.1) is 12.8 Å². The van der Waals surface area contributed by atoms with Gasteiger partial charge in [-0.15, -0.1) is 11.3 Å². The van der Waals surface area contributed by atoms with Gasteiger partial charge in [-0.2, -0.15) is 0 Å². The third kappa shape index (κ3) is 5.58. The van der Waals surface area contributed by atoms with Crippen LogP contribution in [0.1, 0.15) is 24.5 Å². The number of nitrogens with one attached hydrogen (secondary N) is 1. The van der Waals surface area contributed by atoms with Crippen molar-refractivity contribution >= 4 is 11.3 Å². The fourth-order valence-corrected chi connectivity index (χ4v) is 2.10. The summed E-state index contributed by atoms with van der Waals surface area (Å²) in [4.78, 5) is 6.77. The maximum Gasteiger partial charge on any atom is 0.0897 e. The van der Waals surface area contributed by atoms with E-state index in [2.05, 4.69) is 48.4 Å². The molecule has 0 radical (unpaired) electrons. The molecule has 0 aliphatic heterocycles. The Kier molecular flexibility index (Phi) is 5.95. The zero-order valence-corrected chi connectivity index (χ0v) is 11.6. The summed E-state index contributed by atoms with van der Waals surface area (Å²) in [5.74, 6) is 0.728. The Labute approximate surface area is 103 Å². The molecular weight excluding hydrogens is 218 g/mol. The first kappa shape index (κ1) is 13.6. The predicted octanol–water partition coefficient (Wildman–Crippen LogP) is 2.13. The van der Waals surface area contributed by atoms with Gasteiger partial charge in [-0.25, -0.2) is 4.98 Å². The van der Waals surface area contributed by atoms with Crippen molar-refractivity contribution in [3.63, 3.8) is 0 Å². The van der Waals surface area contributed by atoms with Gasteiger partial charge in [-0.1, -0.05) is 13.8 Å². The average Bonchev–Trinajstić information content (AvgIpc) is 2.58. The van der Waals surface area contributed by atoms with Gasteiger partial charge in [-0.05, 0) is 26.4 Å².